The van der Waals surface area contributed by atoms with Crippen LogP contribution in [0.2, 0.25) is 0 Å². The Morgan fingerprint density at radius 2 is 2.11 bits per heavy atom. The van der Waals surface area contributed by atoms with E-state index in [1.165, 1.54) is 0 Å². The Balaban J connectivity index is 2.28. The molecule has 1 aliphatic heterocycles. The van der Waals surface area contributed by atoms with Gasteiger partial charge in [0.05, 0.1) is 12.5 Å². The molecule has 1 amide bonds. The van der Waals surface area contributed by atoms with Gasteiger partial charge in [0.15, 0.2) is 0 Å². The number of hydrogen-bond acceptors (Lipinski definition) is 2. The number of para-hydroxylation sites is 1. The van der Waals surface area contributed by atoms with E-state index in [9.17, 15) is 4.79 Å². The molecule has 0 bridgehead atoms. The van der Waals surface area contributed by atoms with Gasteiger partial charge in [-0.3, -0.25) is 4.79 Å². The van der Waals surface area contributed by atoms with Crippen LogP contribution in [0.1, 0.15) is 25.8 Å². The highest BCUT2D eigenvalue weighted by molar-refractivity contribution is 5.96. The lowest BCUT2D eigenvalue weighted by Gasteiger charge is -2.30. The average molecular weight is 247 g/mol. The molecule has 0 aliphatic carbocycles. The van der Waals surface area contributed by atoms with Crippen molar-refractivity contribution in [1.82, 2.24) is 0 Å². The molecular formula is C15H21NO2. The molecule has 0 N–H and O–H groups in total. The molecule has 3 nitrogen and oxygen atoms in total. The average Bonchev–Trinajstić information content (AvgIpc) is 2.85. The van der Waals surface area contributed by atoms with Gasteiger partial charge in [-0.05, 0) is 38.8 Å². The molecule has 0 aromatic heterocycles. The van der Waals surface area contributed by atoms with E-state index in [0.717, 1.165) is 17.7 Å². The molecule has 1 saturated heterocycles. The number of ether oxygens (including phenoxy) is 1. The Labute approximate surface area is 109 Å². The highest BCUT2D eigenvalue weighted by atomic mass is 16.5. The topological polar surface area (TPSA) is 29.5 Å². The Kier molecular flexibility index (Phi) is 4.02. The van der Waals surface area contributed by atoms with Crippen molar-refractivity contribution < 1.29 is 9.53 Å². The van der Waals surface area contributed by atoms with Crippen LogP contribution in [0.25, 0.3) is 0 Å². The summed E-state index contributed by atoms with van der Waals surface area (Å²) in [6, 6.07) is 8.21. The summed E-state index contributed by atoms with van der Waals surface area (Å²) < 4.78 is 5.33. The van der Waals surface area contributed by atoms with Crippen LogP contribution in [0.3, 0.4) is 0 Å². The van der Waals surface area contributed by atoms with E-state index in [1.54, 1.807) is 0 Å². The van der Waals surface area contributed by atoms with Gasteiger partial charge in [0.2, 0.25) is 5.91 Å². The minimum atomic E-state index is 0.0204. The second-order valence-electron chi connectivity index (χ2n) is 5.15. The summed E-state index contributed by atoms with van der Waals surface area (Å²) in [5, 5.41) is 0. The summed E-state index contributed by atoms with van der Waals surface area (Å²) in [7, 11) is 0. The Bertz CT molecular complexity index is 422. The second kappa shape index (κ2) is 5.53. The summed E-state index contributed by atoms with van der Waals surface area (Å²) in [6.07, 6.45) is 0.841. The number of anilines is 1. The van der Waals surface area contributed by atoms with E-state index < -0.39 is 0 Å². The first kappa shape index (κ1) is 13.1. The molecule has 1 aromatic carbocycles. The van der Waals surface area contributed by atoms with Crippen LogP contribution in [0.5, 0.6) is 0 Å². The zero-order valence-corrected chi connectivity index (χ0v) is 11.3. The van der Waals surface area contributed by atoms with Crippen molar-refractivity contribution in [2.24, 2.45) is 5.92 Å². The smallest absolute Gasteiger partial charge is 0.232 e. The van der Waals surface area contributed by atoms with E-state index in [-0.39, 0.29) is 17.9 Å². The van der Waals surface area contributed by atoms with Gasteiger partial charge in [0.25, 0.3) is 0 Å². The van der Waals surface area contributed by atoms with Crippen LogP contribution in [0, 0.1) is 12.8 Å². The van der Waals surface area contributed by atoms with Crippen molar-refractivity contribution >= 4 is 11.6 Å². The van der Waals surface area contributed by atoms with Crippen LogP contribution in [-0.4, -0.2) is 25.2 Å². The minimum absolute atomic E-state index is 0.0204. The van der Waals surface area contributed by atoms with E-state index in [4.69, 9.17) is 4.74 Å². The number of benzene rings is 1. The molecule has 1 aromatic rings. The van der Waals surface area contributed by atoms with Crippen molar-refractivity contribution in [1.29, 1.82) is 0 Å². The number of carbonyl (C=O) groups excluding carboxylic acids is 1. The summed E-state index contributed by atoms with van der Waals surface area (Å²) in [4.78, 5) is 14.5. The van der Waals surface area contributed by atoms with E-state index in [2.05, 4.69) is 13.8 Å². The molecule has 2 rings (SSSR count). The highest BCUT2D eigenvalue weighted by Crippen LogP contribution is 2.26. The highest BCUT2D eigenvalue weighted by Gasteiger charge is 2.30. The molecule has 1 fully saturated rings. The fraction of sp³-hybridized carbons (Fsp3) is 0.533. The molecule has 0 spiro atoms. The lowest BCUT2D eigenvalue weighted by Crippen LogP contribution is -2.41. The standard InChI is InChI=1S/C15H21NO2/c1-11(2)16(14-7-5-4-6-12(14)3)15(17)13-8-9-18-10-13/h4-7,11,13H,8-10H2,1-3H3/t13-/m0/s1. The molecule has 1 aliphatic rings. The number of carbonyl (C=O) groups is 1. The van der Waals surface area contributed by atoms with Gasteiger partial charge < -0.3 is 9.64 Å². The van der Waals surface area contributed by atoms with Crippen LogP contribution < -0.4 is 4.90 Å². The molecule has 0 radical (unpaired) electrons. The molecule has 1 atom stereocenters. The zero-order valence-electron chi connectivity index (χ0n) is 11.3. The summed E-state index contributed by atoms with van der Waals surface area (Å²) >= 11 is 0. The monoisotopic (exact) mass is 247 g/mol. The number of hydrogen-bond donors (Lipinski definition) is 0. The minimum Gasteiger partial charge on any atom is -0.381 e. The van der Waals surface area contributed by atoms with Gasteiger partial charge in [-0.25, -0.2) is 0 Å². The number of nitrogens with zero attached hydrogens (tertiary/aromatic N) is 1. The zero-order chi connectivity index (χ0) is 13.1. The fourth-order valence-electron chi connectivity index (χ4n) is 2.41. The van der Waals surface area contributed by atoms with Crippen LogP contribution in [-0.2, 0) is 9.53 Å². The Morgan fingerprint density at radius 3 is 2.67 bits per heavy atom. The number of rotatable bonds is 3. The predicted octanol–water partition coefficient (Wildman–Crippen LogP) is 2.77. The third kappa shape index (κ3) is 2.56. The van der Waals surface area contributed by atoms with Crippen molar-refractivity contribution in [3.63, 3.8) is 0 Å². The predicted molar refractivity (Wildman–Crippen MR) is 72.7 cm³/mol. The third-order valence-corrected chi connectivity index (χ3v) is 3.41. The van der Waals surface area contributed by atoms with Gasteiger partial charge in [-0.1, -0.05) is 18.2 Å². The largest absolute Gasteiger partial charge is 0.381 e. The third-order valence-electron chi connectivity index (χ3n) is 3.41. The first-order valence-corrected chi connectivity index (χ1v) is 6.57. The maximum Gasteiger partial charge on any atom is 0.232 e. The van der Waals surface area contributed by atoms with Gasteiger partial charge >= 0.3 is 0 Å². The van der Waals surface area contributed by atoms with Crippen LogP contribution in [0.4, 0.5) is 5.69 Å². The quantitative estimate of drug-likeness (QED) is 0.822. The fourth-order valence-corrected chi connectivity index (χ4v) is 2.41. The van der Waals surface area contributed by atoms with Gasteiger partial charge in [0, 0.05) is 18.3 Å². The summed E-state index contributed by atoms with van der Waals surface area (Å²) in [5.74, 6) is 0.212. The Morgan fingerprint density at radius 1 is 1.39 bits per heavy atom. The van der Waals surface area contributed by atoms with E-state index in [0.29, 0.717) is 13.2 Å². The van der Waals surface area contributed by atoms with Gasteiger partial charge in [0.1, 0.15) is 0 Å². The molecule has 1 heterocycles. The van der Waals surface area contributed by atoms with Crippen molar-refractivity contribution in [2.45, 2.75) is 33.2 Å². The molecule has 0 unspecified atom stereocenters. The molecule has 3 heteroatoms. The maximum absolute atomic E-state index is 12.6. The van der Waals surface area contributed by atoms with Crippen molar-refractivity contribution in [2.75, 3.05) is 18.1 Å². The van der Waals surface area contributed by atoms with E-state index in [1.807, 2.05) is 36.1 Å². The first-order valence-electron chi connectivity index (χ1n) is 6.57. The van der Waals surface area contributed by atoms with Gasteiger partial charge in [-0.2, -0.15) is 0 Å². The summed E-state index contributed by atoms with van der Waals surface area (Å²) in [6.45, 7) is 7.42. The normalized spacial score (nSPS) is 19.2. The van der Waals surface area contributed by atoms with Crippen LogP contribution >= 0.6 is 0 Å². The second-order valence-corrected chi connectivity index (χ2v) is 5.15. The Hall–Kier alpha value is -1.35. The molecule has 18 heavy (non-hydrogen) atoms. The maximum atomic E-state index is 12.6. The summed E-state index contributed by atoms with van der Waals surface area (Å²) in [5.41, 5.74) is 2.16. The number of aryl methyl sites for hydroxylation is 1. The molecule has 0 saturated carbocycles. The van der Waals surface area contributed by atoms with Crippen LogP contribution in [0.15, 0.2) is 24.3 Å². The lowest BCUT2D eigenvalue weighted by atomic mass is 10.0. The molecule has 98 valence electrons. The van der Waals surface area contributed by atoms with Gasteiger partial charge in [-0.15, -0.1) is 0 Å². The number of amides is 1. The first-order chi connectivity index (χ1) is 8.61. The van der Waals surface area contributed by atoms with Crippen molar-refractivity contribution in [3.8, 4) is 0 Å². The molecular weight excluding hydrogens is 226 g/mol. The SMILES string of the molecule is Cc1ccccc1N(C(=O)[C@H]1CCOC1)C(C)C. The van der Waals surface area contributed by atoms with Crippen molar-refractivity contribution in [3.05, 3.63) is 29.8 Å². The van der Waals surface area contributed by atoms with E-state index >= 15 is 0 Å². The lowest BCUT2D eigenvalue weighted by molar-refractivity contribution is -0.122.